The fourth-order valence-corrected chi connectivity index (χ4v) is 9.66. The van der Waals surface area contributed by atoms with Gasteiger partial charge in [0.25, 0.3) is 0 Å². The second kappa shape index (κ2) is 15.5. The summed E-state index contributed by atoms with van der Waals surface area (Å²) in [5, 5.41) is 5.02. The van der Waals surface area contributed by atoms with E-state index in [4.69, 9.17) is 9.97 Å². The van der Waals surface area contributed by atoms with Crippen LogP contribution in [0.5, 0.6) is 0 Å². The molecule has 0 N–H and O–H groups in total. The Morgan fingerprint density at radius 1 is 0.308 bits per heavy atom. The SMILES string of the molecule is Cc1ccc(-c2cc(-c3ccc(-c4ccc(-c5ccc(-n6c7ccccc7c7cc(-n8c9ccccc9c9ccccc98)ccc76)cc5C)cc4)cc3)nc(-c3ccc(C)cc3)n2)cc1. The van der Waals surface area contributed by atoms with Crippen molar-refractivity contribution in [2.75, 3.05) is 0 Å². The molecule has 65 heavy (non-hydrogen) atoms. The second-order valence-electron chi connectivity index (χ2n) is 17.3. The minimum absolute atomic E-state index is 0.723. The quantitative estimate of drug-likeness (QED) is 0.160. The van der Waals surface area contributed by atoms with E-state index in [1.54, 1.807) is 0 Å². The first-order valence-electron chi connectivity index (χ1n) is 22.3. The number of aryl methyl sites for hydroxylation is 3. The number of fused-ring (bicyclic) bond motifs is 6. The molecule has 0 saturated heterocycles. The van der Waals surface area contributed by atoms with Crippen LogP contribution in [0.3, 0.4) is 0 Å². The average molecular weight is 833 g/mol. The lowest BCUT2D eigenvalue weighted by molar-refractivity contribution is 1.16. The van der Waals surface area contributed by atoms with Crippen LogP contribution in [0.25, 0.3) is 111 Å². The van der Waals surface area contributed by atoms with Gasteiger partial charge in [-0.3, -0.25) is 0 Å². The summed E-state index contributed by atoms with van der Waals surface area (Å²) in [5.41, 5.74) is 20.5. The highest BCUT2D eigenvalue weighted by Crippen LogP contribution is 2.38. The molecule has 0 amide bonds. The van der Waals surface area contributed by atoms with Crippen LogP contribution in [0.2, 0.25) is 0 Å². The van der Waals surface area contributed by atoms with Crippen LogP contribution in [0.1, 0.15) is 16.7 Å². The molecule has 3 heterocycles. The van der Waals surface area contributed by atoms with Gasteiger partial charge in [-0.25, -0.2) is 9.97 Å². The number of nitrogens with zero attached hydrogens (tertiary/aromatic N) is 4. The molecule has 4 heteroatoms. The van der Waals surface area contributed by atoms with Gasteiger partial charge < -0.3 is 9.13 Å². The summed E-state index contributed by atoms with van der Waals surface area (Å²) in [6, 6.07) is 76.8. The van der Waals surface area contributed by atoms with Gasteiger partial charge in [-0.1, -0.05) is 169 Å². The van der Waals surface area contributed by atoms with Crippen molar-refractivity contribution in [2.24, 2.45) is 0 Å². The molecule has 12 aromatic rings. The molecule has 3 aromatic heterocycles. The van der Waals surface area contributed by atoms with E-state index in [1.165, 1.54) is 77.0 Å². The summed E-state index contributed by atoms with van der Waals surface area (Å²) >= 11 is 0. The van der Waals surface area contributed by atoms with Crippen LogP contribution in [0.4, 0.5) is 0 Å². The van der Waals surface area contributed by atoms with Gasteiger partial charge in [-0.05, 0) is 103 Å². The molecule has 4 nitrogen and oxygen atoms in total. The first-order chi connectivity index (χ1) is 31.9. The Labute approximate surface area is 378 Å². The zero-order valence-electron chi connectivity index (χ0n) is 36.5. The normalized spacial score (nSPS) is 11.6. The maximum Gasteiger partial charge on any atom is 0.160 e. The molecule has 12 rings (SSSR count). The molecule has 9 aromatic carbocycles. The van der Waals surface area contributed by atoms with Crippen LogP contribution in [0, 0.1) is 20.8 Å². The molecule has 0 radical (unpaired) electrons. The standard InChI is InChI=1S/C61H44N4/c1-39-16-20-45(21-17-39)55-38-56(63-61(62-55)47-22-18-40(2)19-23-47)46-30-26-43(27-31-46)42-24-28-44(29-25-42)50-34-32-48(36-41(50)3)64-59-15-9-6-12-53(59)54-37-49(33-35-60(54)64)65-57-13-7-4-10-51(57)52-11-5-8-14-58(52)65/h4-38H,1-3H3. The minimum Gasteiger partial charge on any atom is -0.309 e. The maximum absolute atomic E-state index is 5.07. The van der Waals surface area contributed by atoms with Crippen molar-refractivity contribution in [1.29, 1.82) is 0 Å². The third-order valence-electron chi connectivity index (χ3n) is 13.1. The summed E-state index contributed by atoms with van der Waals surface area (Å²) in [7, 11) is 0. The van der Waals surface area contributed by atoms with Crippen molar-refractivity contribution in [3.05, 3.63) is 229 Å². The smallest absolute Gasteiger partial charge is 0.160 e. The third kappa shape index (κ3) is 6.70. The van der Waals surface area contributed by atoms with Crippen molar-refractivity contribution < 1.29 is 0 Å². The zero-order chi connectivity index (χ0) is 43.6. The number of para-hydroxylation sites is 3. The highest BCUT2D eigenvalue weighted by molar-refractivity contribution is 6.12. The molecule has 0 atom stereocenters. The van der Waals surface area contributed by atoms with E-state index in [0.717, 1.165) is 50.8 Å². The fourth-order valence-electron chi connectivity index (χ4n) is 9.66. The predicted molar refractivity (Wildman–Crippen MR) is 272 cm³/mol. The first kappa shape index (κ1) is 38.3. The van der Waals surface area contributed by atoms with E-state index in [0.29, 0.717) is 0 Å². The summed E-state index contributed by atoms with van der Waals surface area (Å²) in [6.07, 6.45) is 0. The molecule has 0 aliphatic carbocycles. The highest BCUT2D eigenvalue weighted by Gasteiger charge is 2.17. The summed E-state index contributed by atoms with van der Waals surface area (Å²) in [6.45, 7) is 6.43. The van der Waals surface area contributed by atoms with E-state index >= 15 is 0 Å². The van der Waals surface area contributed by atoms with E-state index in [9.17, 15) is 0 Å². The molecule has 0 saturated carbocycles. The van der Waals surface area contributed by atoms with Gasteiger partial charge in [0.15, 0.2) is 5.82 Å². The van der Waals surface area contributed by atoms with Crippen molar-refractivity contribution in [3.8, 4) is 67.5 Å². The second-order valence-corrected chi connectivity index (χ2v) is 17.3. The van der Waals surface area contributed by atoms with Gasteiger partial charge in [0.1, 0.15) is 0 Å². The van der Waals surface area contributed by atoms with Gasteiger partial charge in [-0.2, -0.15) is 0 Å². The molecule has 0 fully saturated rings. The monoisotopic (exact) mass is 832 g/mol. The van der Waals surface area contributed by atoms with Crippen LogP contribution in [0.15, 0.2) is 212 Å². The summed E-state index contributed by atoms with van der Waals surface area (Å²) < 4.78 is 4.82. The van der Waals surface area contributed by atoms with E-state index in [-0.39, 0.29) is 0 Å². The van der Waals surface area contributed by atoms with Gasteiger partial charge in [-0.15, -0.1) is 0 Å². The first-order valence-corrected chi connectivity index (χ1v) is 22.3. The number of rotatable bonds is 7. The lowest BCUT2D eigenvalue weighted by Gasteiger charge is -2.13. The lowest BCUT2D eigenvalue weighted by atomic mass is 9.96. The summed E-state index contributed by atoms with van der Waals surface area (Å²) in [4.78, 5) is 10.1. The van der Waals surface area contributed by atoms with Crippen LogP contribution in [-0.2, 0) is 0 Å². The Bertz CT molecular complexity index is 3640. The van der Waals surface area contributed by atoms with E-state index in [1.807, 2.05) is 0 Å². The Kier molecular flexibility index (Phi) is 9.13. The molecule has 0 unspecified atom stereocenters. The zero-order valence-corrected chi connectivity index (χ0v) is 36.5. The van der Waals surface area contributed by atoms with Gasteiger partial charge >= 0.3 is 0 Å². The van der Waals surface area contributed by atoms with Gasteiger partial charge in [0.2, 0.25) is 0 Å². The molecule has 0 bridgehead atoms. The van der Waals surface area contributed by atoms with Crippen molar-refractivity contribution >= 4 is 43.6 Å². The minimum atomic E-state index is 0.723. The molecular weight excluding hydrogens is 789 g/mol. The van der Waals surface area contributed by atoms with Crippen molar-refractivity contribution in [1.82, 2.24) is 19.1 Å². The number of hydrogen-bond acceptors (Lipinski definition) is 2. The highest BCUT2D eigenvalue weighted by atomic mass is 15.0. The number of benzene rings is 9. The molecule has 0 aliphatic rings. The topological polar surface area (TPSA) is 35.6 Å². The Hall–Kier alpha value is -8.34. The van der Waals surface area contributed by atoms with Crippen LogP contribution in [-0.4, -0.2) is 19.1 Å². The van der Waals surface area contributed by atoms with Crippen LogP contribution < -0.4 is 0 Å². The van der Waals surface area contributed by atoms with Gasteiger partial charge in [0.05, 0.1) is 33.5 Å². The average Bonchev–Trinajstić information content (AvgIpc) is 3.87. The van der Waals surface area contributed by atoms with E-state index < -0.39 is 0 Å². The lowest BCUT2D eigenvalue weighted by Crippen LogP contribution is -1.97. The van der Waals surface area contributed by atoms with Crippen molar-refractivity contribution in [2.45, 2.75) is 20.8 Å². The predicted octanol–water partition coefficient (Wildman–Crippen LogP) is 15.9. The summed E-state index contributed by atoms with van der Waals surface area (Å²) in [5.74, 6) is 0.723. The Morgan fingerprint density at radius 2 is 0.708 bits per heavy atom. The maximum atomic E-state index is 5.07. The molecule has 308 valence electrons. The largest absolute Gasteiger partial charge is 0.309 e. The molecule has 0 spiro atoms. The van der Waals surface area contributed by atoms with Crippen LogP contribution >= 0.6 is 0 Å². The number of hydrogen-bond donors (Lipinski definition) is 0. The number of aromatic nitrogens is 4. The fraction of sp³-hybridized carbons (Fsp3) is 0.0492. The third-order valence-corrected chi connectivity index (χ3v) is 13.1. The molecular formula is C61H44N4. The van der Waals surface area contributed by atoms with E-state index in [2.05, 4.69) is 242 Å². The Morgan fingerprint density at radius 3 is 1.23 bits per heavy atom. The molecule has 0 aliphatic heterocycles. The Balaban J connectivity index is 0.848. The van der Waals surface area contributed by atoms with Gasteiger partial charge in [0, 0.05) is 49.6 Å². The van der Waals surface area contributed by atoms with Crippen molar-refractivity contribution in [3.63, 3.8) is 0 Å².